The lowest BCUT2D eigenvalue weighted by atomic mass is 9.85. The summed E-state index contributed by atoms with van der Waals surface area (Å²) in [5, 5.41) is 12.5. The number of likely N-dealkylation sites (tertiary alicyclic amines) is 1. The monoisotopic (exact) mass is 358 g/mol. The maximum absolute atomic E-state index is 12.5. The molecule has 0 aromatic heterocycles. The van der Waals surface area contributed by atoms with Crippen LogP contribution >= 0.6 is 0 Å². The number of nitrogens with one attached hydrogen (secondary N) is 1. The zero-order chi connectivity index (χ0) is 18.1. The molecule has 0 spiro atoms. The SMILES string of the molecule is O=C(CN1C(C(=O)O)CC2CCCCC21)NCC1Cc2ccccc2O1. The van der Waals surface area contributed by atoms with Gasteiger partial charge in [-0.1, -0.05) is 31.0 Å². The molecule has 2 fully saturated rings. The van der Waals surface area contributed by atoms with Crippen molar-refractivity contribution in [3.8, 4) is 5.75 Å². The lowest BCUT2D eigenvalue weighted by molar-refractivity contribution is -0.143. The Morgan fingerprint density at radius 1 is 1.23 bits per heavy atom. The van der Waals surface area contributed by atoms with Crippen molar-refractivity contribution in [2.45, 2.75) is 56.7 Å². The first-order valence-corrected chi connectivity index (χ1v) is 9.61. The molecule has 4 rings (SSSR count). The highest BCUT2D eigenvalue weighted by Gasteiger charge is 2.45. The summed E-state index contributed by atoms with van der Waals surface area (Å²) in [4.78, 5) is 26.0. The molecular formula is C20H26N2O4. The van der Waals surface area contributed by atoms with Crippen molar-refractivity contribution in [1.29, 1.82) is 0 Å². The van der Waals surface area contributed by atoms with E-state index in [1.54, 1.807) is 0 Å². The maximum Gasteiger partial charge on any atom is 0.320 e. The highest BCUT2D eigenvalue weighted by molar-refractivity contribution is 5.80. The Balaban J connectivity index is 1.32. The number of fused-ring (bicyclic) bond motifs is 2. The minimum absolute atomic E-state index is 0.0485. The van der Waals surface area contributed by atoms with Crippen LogP contribution in [0, 0.1) is 5.92 Å². The molecule has 1 aromatic rings. The zero-order valence-corrected chi connectivity index (χ0v) is 14.9. The number of ether oxygens (including phenoxy) is 1. The fourth-order valence-electron chi connectivity index (χ4n) is 4.84. The number of carbonyl (C=O) groups is 2. The molecule has 4 unspecified atom stereocenters. The van der Waals surface area contributed by atoms with Crippen molar-refractivity contribution in [1.82, 2.24) is 10.2 Å². The molecule has 1 amide bonds. The zero-order valence-electron chi connectivity index (χ0n) is 14.9. The van der Waals surface area contributed by atoms with E-state index in [0.29, 0.717) is 18.9 Å². The molecule has 6 heteroatoms. The van der Waals surface area contributed by atoms with Crippen molar-refractivity contribution >= 4 is 11.9 Å². The molecule has 2 aliphatic heterocycles. The van der Waals surface area contributed by atoms with Gasteiger partial charge in [0.15, 0.2) is 0 Å². The number of amides is 1. The van der Waals surface area contributed by atoms with Crippen LogP contribution in [0.1, 0.15) is 37.7 Å². The Morgan fingerprint density at radius 3 is 2.85 bits per heavy atom. The van der Waals surface area contributed by atoms with Crippen LogP contribution in [0.25, 0.3) is 0 Å². The Bertz CT molecular complexity index is 667. The second kappa shape index (κ2) is 7.27. The van der Waals surface area contributed by atoms with Crippen LogP contribution in [-0.4, -0.2) is 53.2 Å². The minimum Gasteiger partial charge on any atom is -0.488 e. The summed E-state index contributed by atoms with van der Waals surface area (Å²) in [6, 6.07) is 7.64. The van der Waals surface area contributed by atoms with Crippen molar-refractivity contribution in [2.75, 3.05) is 13.1 Å². The lowest BCUT2D eigenvalue weighted by Crippen LogP contribution is -2.48. The van der Waals surface area contributed by atoms with E-state index in [2.05, 4.69) is 5.32 Å². The summed E-state index contributed by atoms with van der Waals surface area (Å²) in [5.41, 5.74) is 1.17. The van der Waals surface area contributed by atoms with E-state index in [9.17, 15) is 14.7 Å². The second-order valence-electron chi connectivity index (χ2n) is 7.73. The largest absolute Gasteiger partial charge is 0.488 e. The van der Waals surface area contributed by atoms with Crippen LogP contribution in [0.5, 0.6) is 5.75 Å². The van der Waals surface area contributed by atoms with Gasteiger partial charge < -0.3 is 15.2 Å². The molecule has 1 saturated heterocycles. The Labute approximate surface area is 153 Å². The predicted molar refractivity (Wildman–Crippen MR) is 96.1 cm³/mol. The van der Waals surface area contributed by atoms with Gasteiger partial charge in [-0.3, -0.25) is 14.5 Å². The summed E-state index contributed by atoms with van der Waals surface area (Å²) in [6.45, 7) is 0.616. The summed E-state index contributed by atoms with van der Waals surface area (Å²) < 4.78 is 5.85. The first-order valence-electron chi connectivity index (χ1n) is 9.61. The van der Waals surface area contributed by atoms with Gasteiger partial charge in [-0.2, -0.15) is 0 Å². The van der Waals surface area contributed by atoms with Gasteiger partial charge in [-0.15, -0.1) is 0 Å². The van der Waals surface area contributed by atoms with Gasteiger partial charge in [0, 0.05) is 12.5 Å². The van der Waals surface area contributed by atoms with Crippen molar-refractivity contribution in [3.63, 3.8) is 0 Å². The standard InChI is InChI=1S/C20H26N2O4/c23-19(21-11-15-9-14-6-2-4-8-18(14)26-15)12-22-16-7-3-1-5-13(16)10-17(22)20(24)25/h2,4,6,8,13,15-17H,1,3,5,7,9-12H2,(H,21,23)(H,24,25). The molecule has 1 aromatic carbocycles. The third kappa shape index (κ3) is 3.43. The predicted octanol–water partition coefficient (Wildman–Crippen LogP) is 1.82. The van der Waals surface area contributed by atoms with E-state index < -0.39 is 12.0 Å². The third-order valence-corrected chi connectivity index (χ3v) is 6.07. The number of rotatable bonds is 5. The molecule has 2 N–H and O–H groups in total. The number of carbonyl (C=O) groups excluding carboxylic acids is 1. The van der Waals surface area contributed by atoms with Crippen LogP contribution in [0.2, 0.25) is 0 Å². The molecular weight excluding hydrogens is 332 g/mol. The van der Waals surface area contributed by atoms with Crippen LogP contribution in [0.3, 0.4) is 0 Å². The maximum atomic E-state index is 12.5. The molecule has 1 saturated carbocycles. The van der Waals surface area contributed by atoms with Gasteiger partial charge in [0.1, 0.15) is 17.9 Å². The molecule has 26 heavy (non-hydrogen) atoms. The lowest BCUT2D eigenvalue weighted by Gasteiger charge is -2.32. The van der Waals surface area contributed by atoms with E-state index in [0.717, 1.165) is 31.4 Å². The molecule has 2 heterocycles. The van der Waals surface area contributed by atoms with Crippen LogP contribution < -0.4 is 10.1 Å². The number of aliphatic carboxylic acids is 1. The van der Waals surface area contributed by atoms with E-state index in [1.165, 1.54) is 12.0 Å². The number of hydrogen-bond donors (Lipinski definition) is 2. The topological polar surface area (TPSA) is 78.9 Å². The number of carboxylic acid groups (broad SMARTS) is 1. The first kappa shape index (κ1) is 17.3. The van der Waals surface area contributed by atoms with Gasteiger partial charge in [0.2, 0.25) is 5.91 Å². The number of carboxylic acids is 1. The molecule has 3 aliphatic rings. The van der Waals surface area contributed by atoms with Crippen molar-refractivity contribution < 1.29 is 19.4 Å². The van der Waals surface area contributed by atoms with Gasteiger partial charge in [-0.05, 0) is 36.8 Å². The Morgan fingerprint density at radius 2 is 2.04 bits per heavy atom. The fourth-order valence-corrected chi connectivity index (χ4v) is 4.84. The second-order valence-corrected chi connectivity index (χ2v) is 7.73. The molecule has 4 atom stereocenters. The highest BCUT2D eigenvalue weighted by Crippen LogP contribution is 2.39. The minimum atomic E-state index is -0.804. The van der Waals surface area contributed by atoms with Crippen molar-refractivity contribution in [2.24, 2.45) is 5.92 Å². The van der Waals surface area contributed by atoms with E-state index in [1.807, 2.05) is 29.2 Å². The molecule has 0 radical (unpaired) electrons. The number of nitrogens with zero attached hydrogens (tertiary/aromatic N) is 1. The average Bonchev–Trinajstić information content (AvgIpc) is 3.21. The van der Waals surface area contributed by atoms with E-state index in [4.69, 9.17) is 4.74 Å². The van der Waals surface area contributed by atoms with Gasteiger partial charge in [-0.25, -0.2) is 0 Å². The summed E-state index contributed by atoms with van der Waals surface area (Å²) >= 11 is 0. The van der Waals surface area contributed by atoms with Crippen LogP contribution in [-0.2, 0) is 16.0 Å². The summed E-state index contributed by atoms with van der Waals surface area (Å²) in [7, 11) is 0. The number of para-hydroxylation sites is 1. The third-order valence-electron chi connectivity index (χ3n) is 6.07. The summed E-state index contributed by atoms with van der Waals surface area (Å²) in [5.74, 6) is 0.399. The molecule has 6 nitrogen and oxygen atoms in total. The molecule has 140 valence electrons. The van der Waals surface area contributed by atoms with Crippen LogP contribution in [0.4, 0.5) is 0 Å². The normalized spacial score (nSPS) is 30.3. The fraction of sp³-hybridized carbons (Fsp3) is 0.600. The number of benzene rings is 1. The van der Waals surface area contributed by atoms with E-state index >= 15 is 0 Å². The average molecular weight is 358 g/mol. The highest BCUT2D eigenvalue weighted by atomic mass is 16.5. The Kier molecular flexibility index (Phi) is 4.85. The quantitative estimate of drug-likeness (QED) is 0.839. The summed E-state index contributed by atoms with van der Waals surface area (Å²) in [6.07, 6.45) is 5.81. The molecule has 0 bridgehead atoms. The van der Waals surface area contributed by atoms with E-state index in [-0.39, 0.29) is 24.6 Å². The smallest absolute Gasteiger partial charge is 0.320 e. The van der Waals surface area contributed by atoms with Gasteiger partial charge in [0.25, 0.3) is 0 Å². The van der Waals surface area contributed by atoms with Gasteiger partial charge >= 0.3 is 5.97 Å². The number of hydrogen-bond acceptors (Lipinski definition) is 4. The van der Waals surface area contributed by atoms with Crippen molar-refractivity contribution in [3.05, 3.63) is 29.8 Å². The van der Waals surface area contributed by atoms with Gasteiger partial charge in [0.05, 0.1) is 13.1 Å². The Hall–Kier alpha value is -2.08. The molecule has 1 aliphatic carbocycles. The first-order chi connectivity index (χ1) is 12.6. The van der Waals surface area contributed by atoms with Crippen LogP contribution in [0.15, 0.2) is 24.3 Å².